The Morgan fingerprint density at radius 1 is 1.17 bits per heavy atom. The van der Waals surface area contributed by atoms with E-state index in [2.05, 4.69) is 25.2 Å². The number of nitrogens with one attached hydrogen (secondary N) is 2. The molecule has 0 spiro atoms. The molecule has 0 bridgehead atoms. The predicted octanol–water partition coefficient (Wildman–Crippen LogP) is 0.786. The molecule has 9 heteroatoms. The Morgan fingerprint density at radius 3 is 2.65 bits per heavy atom. The summed E-state index contributed by atoms with van der Waals surface area (Å²) in [5, 5.41) is 11.1. The summed E-state index contributed by atoms with van der Waals surface area (Å²) in [6, 6.07) is 7.38. The van der Waals surface area contributed by atoms with Crippen molar-refractivity contribution in [3.05, 3.63) is 54.1 Å². The first-order valence-corrected chi connectivity index (χ1v) is 8.60. The molecule has 2 N–H and O–H groups in total. The van der Waals surface area contributed by atoms with Crippen LogP contribution in [-0.4, -0.2) is 35.0 Å². The first kappa shape index (κ1) is 15.4. The quantitative estimate of drug-likeness (QED) is 0.692. The van der Waals surface area contributed by atoms with Gasteiger partial charge in [0.1, 0.15) is 6.33 Å². The van der Waals surface area contributed by atoms with Gasteiger partial charge in [-0.2, -0.15) is 0 Å². The number of benzene rings is 1. The van der Waals surface area contributed by atoms with Crippen molar-refractivity contribution in [2.45, 2.75) is 12.3 Å². The third-order valence-electron chi connectivity index (χ3n) is 3.37. The Hall–Kier alpha value is -2.52. The third-order valence-corrected chi connectivity index (χ3v) is 4.70. The summed E-state index contributed by atoms with van der Waals surface area (Å²) in [5.74, 6) is 0.615. The van der Waals surface area contributed by atoms with E-state index in [0.29, 0.717) is 18.0 Å². The van der Waals surface area contributed by atoms with Gasteiger partial charge < -0.3 is 5.32 Å². The van der Waals surface area contributed by atoms with Crippen LogP contribution >= 0.6 is 0 Å². The minimum atomic E-state index is -3.25. The number of aromatic nitrogens is 4. The summed E-state index contributed by atoms with van der Waals surface area (Å²) < 4.78 is 27.1. The molecule has 2 aromatic heterocycles. The summed E-state index contributed by atoms with van der Waals surface area (Å²) >= 11 is 0. The zero-order valence-corrected chi connectivity index (χ0v) is 13.3. The van der Waals surface area contributed by atoms with Crippen LogP contribution in [0.2, 0.25) is 0 Å². The van der Waals surface area contributed by atoms with Crippen molar-refractivity contribution in [2.75, 3.05) is 12.4 Å². The third kappa shape index (κ3) is 3.63. The molecule has 3 aromatic rings. The first-order chi connectivity index (χ1) is 11.1. The van der Waals surface area contributed by atoms with Crippen LogP contribution in [0.3, 0.4) is 0 Å². The lowest BCUT2D eigenvalue weighted by Gasteiger charge is -2.07. The molecule has 0 saturated heterocycles. The number of fused-ring (bicyclic) bond motifs is 1. The molecule has 3 rings (SSSR count). The van der Waals surface area contributed by atoms with E-state index >= 15 is 0 Å². The normalized spacial score (nSPS) is 11.7. The van der Waals surface area contributed by atoms with E-state index in [1.165, 1.54) is 7.05 Å². The van der Waals surface area contributed by atoms with Gasteiger partial charge >= 0.3 is 0 Å². The summed E-state index contributed by atoms with van der Waals surface area (Å²) in [6.45, 7) is 0.554. The summed E-state index contributed by atoms with van der Waals surface area (Å²) in [5.41, 5.74) is 2.41. The largest absolute Gasteiger partial charge is 0.363 e. The standard InChI is InChI=1S/C14H16N6O2S/c1-15-23(21,22)9-12-4-2-11(3-5-12)8-17-13-14-19-18-10-20(14)7-6-16-13/h2-7,10,15H,8-9H2,1H3,(H,16,17). The van der Waals surface area contributed by atoms with E-state index in [9.17, 15) is 8.42 Å². The molecule has 0 radical (unpaired) electrons. The molecule has 2 heterocycles. The molecule has 23 heavy (non-hydrogen) atoms. The van der Waals surface area contributed by atoms with Crippen LogP contribution in [-0.2, 0) is 22.3 Å². The molecule has 0 aliphatic rings. The van der Waals surface area contributed by atoms with E-state index < -0.39 is 10.0 Å². The molecule has 8 nitrogen and oxygen atoms in total. The first-order valence-electron chi connectivity index (χ1n) is 6.95. The van der Waals surface area contributed by atoms with Gasteiger partial charge in [-0.05, 0) is 18.2 Å². The van der Waals surface area contributed by atoms with Crippen molar-refractivity contribution >= 4 is 21.5 Å². The Labute approximate surface area is 133 Å². The van der Waals surface area contributed by atoms with Gasteiger partial charge in [-0.15, -0.1) is 10.2 Å². The van der Waals surface area contributed by atoms with Crippen molar-refractivity contribution < 1.29 is 8.42 Å². The van der Waals surface area contributed by atoms with Crippen LogP contribution < -0.4 is 10.0 Å². The lowest BCUT2D eigenvalue weighted by molar-refractivity contribution is 0.587. The van der Waals surface area contributed by atoms with Gasteiger partial charge in [-0.3, -0.25) is 4.40 Å². The van der Waals surface area contributed by atoms with Crippen molar-refractivity contribution in [3.63, 3.8) is 0 Å². The van der Waals surface area contributed by atoms with Gasteiger partial charge in [-0.25, -0.2) is 18.1 Å². The second-order valence-corrected chi connectivity index (χ2v) is 6.90. The monoisotopic (exact) mass is 332 g/mol. The lowest BCUT2D eigenvalue weighted by Crippen LogP contribution is -2.20. The fourth-order valence-corrected chi connectivity index (χ4v) is 2.89. The molecule has 0 aliphatic heterocycles. The zero-order valence-electron chi connectivity index (χ0n) is 12.5. The molecule has 0 amide bonds. The van der Waals surface area contributed by atoms with Gasteiger partial charge in [0, 0.05) is 18.9 Å². The van der Waals surface area contributed by atoms with E-state index in [4.69, 9.17) is 0 Å². The number of hydrogen-bond donors (Lipinski definition) is 2. The SMILES string of the molecule is CNS(=O)(=O)Cc1ccc(CNc2nccn3cnnc23)cc1. The molecule has 0 atom stereocenters. The van der Waals surface area contributed by atoms with Crippen molar-refractivity contribution in [2.24, 2.45) is 0 Å². The van der Waals surface area contributed by atoms with E-state index in [0.717, 1.165) is 11.1 Å². The summed E-state index contributed by atoms with van der Waals surface area (Å²) in [6.07, 6.45) is 5.06. The van der Waals surface area contributed by atoms with Crippen LogP contribution in [0.15, 0.2) is 43.0 Å². The molecular formula is C14H16N6O2S. The van der Waals surface area contributed by atoms with Crippen LogP contribution in [0, 0.1) is 0 Å². The van der Waals surface area contributed by atoms with E-state index in [-0.39, 0.29) is 5.75 Å². The summed E-state index contributed by atoms with van der Waals surface area (Å²) in [7, 11) is -1.84. The van der Waals surface area contributed by atoms with E-state index in [1.807, 2.05) is 12.1 Å². The highest BCUT2D eigenvalue weighted by molar-refractivity contribution is 7.88. The van der Waals surface area contributed by atoms with Gasteiger partial charge in [0.15, 0.2) is 5.82 Å². The number of sulfonamides is 1. The number of anilines is 1. The molecule has 1 aromatic carbocycles. The zero-order chi connectivity index (χ0) is 16.3. The predicted molar refractivity (Wildman–Crippen MR) is 86.2 cm³/mol. The van der Waals surface area contributed by atoms with Crippen LogP contribution in [0.5, 0.6) is 0 Å². The average molecular weight is 332 g/mol. The van der Waals surface area contributed by atoms with Crippen LogP contribution in [0.4, 0.5) is 5.82 Å². The maximum Gasteiger partial charge on any atom is 0.215 e. The molecule has 0 aliphatic carbocycles. The highest BCUT2D eigenvalue weighted by atomic mass is 32.2. The smallest absolute Gasteiger partial charge is 0.215 e. The van der Waals surface area contributed by atoms with Gasteiger partial charge in [-0.1, -0.05) is 24.3 Å². The molecule has 0 saturated carbocycles. The maximum atomic E-state index is 11.5. The fourth-order valence-electron chi connectivity index (χ4n) is 2.11. The minimum Gasteiger partial charge on any atom is -0.363 e. The Morgan fingerprint density at radius 2 is 1.91 bits per heavy atom. The fraction of sp³-hybridized carbons (Fsp3) is 0.214. The van der Waals surface area contributed by atoms with Gasteiger partial charge in [0.05, 0.1) is 5.75 Å². The second kappa shape index (κ2) is 6.31. The van der Waals surface area contributed by atoms with Gasteiger partial charge in [0.2, 0.25) is 15.7 Å². The number of nitrogens with zero attached hydrogens (tertiary/aromatic N) is 4. The van der Waals surface area contributed by atoms with Crippen LogP contribution in [0.25, 0.3) is 5.65 Å². The number of rotatable bonds is 6. The van der Waals surface area contributed by atoms with Crippen molar-refractivity contribution in [3.8, 4) is 0 Å². The molecule has 120 valence electrons. The van der Waals surface area contributed by atoms with E-state index in [1.54, 1.807) is 35.3 Å². The Kier molecular flexibility index (Phi) is 4.22. The summed E-state index contributed by atoms with van der Waals surface area (Å²) in [4.78, 5) is 4.25. The van der Waals surface area contributed by atoms with Crippen LogP contribution in [0.1, 0.15) is 11.1 Å². The topological polar surface area (TPSA) is 101 Å². The van der Waals surface area contributed by atoms with Crippen molar-refractivity contribution in [1.29, 1.82) is 0 Å². The Balaban J connectivity index is 1.68. The van der Waals surface area contributed by atoms with Crippen molar-refractivity contribution in [1.82, 2.24) is 24.3 Å². The Bertz CT molecular complexity index is 904. The highest BCUT2D eigenvalue weighted by Gasteiger charge is 2.08. The molecular weight excluding hydrogens is 316 g/mol. The lowest BCUT2D eigenvalue weighted by atomic mass is 10.1. The average Bonchev–Trinajstić information content (AvgIpc) is 3.03. The highest BCUT2D eigenvalue weighted by Crippen LogP contribution is 2.13. The molecule has 0 fully saturated rings. The number of hydrogen-bond acceptors (Lipinski definition) is 6. The molecule has 0 unspecified atom stereocenters. The minimum absolute atomic E-state index is 0.0299. The van der Waals surface area contributed by atoms with Gasteiger partial charge in [0.25, 0.3) is 0 Å². The second-order valence-electron chi connectivity index (χ2n) is 4.97. The maximum absolute atomic E-state index is 11.5.